The maximum absolute atomic E-state index is 11.9. The Hall–Kier alpha value is -2.15. The van der Waals surface area contributed by atoms with Crippen molar-refractivity contribution >= 4 is 22.2 Å². The fraction of sp³-hybridized carbons (Fsp3) is 0.250. The molecule has 7 heteroatoms. The second-order valence-corrected chi connectivity index (χ2v) is 5.00. The highest BCUT2D eigenvalue weighted by molar-refractivity contribution is 7.15. The maximum atomic E-state index is 11.9. The predicted molar refractivity (Wildman–Crippen MR) is 72.2 cm³/mol. The Morgan fingerprint density at radius 1 is 1.42 bits per heavy atom. The number of aryl methyl sites for hydroxylation is 1. The smallest absolute Gasteiger partial charge is 0.271 e. The summed E-state index contributed by atoms with van der Waals surface area (Å²) in [6.45, 7) is 1.47. The summed E-state index contributed by atoms with van der Waals surface area (Å²) in [6, 6.07) is 0. The minimum absolute atomic E-state index is 0.124. The molecule has 1 N–H and O–H groups in total. The lowest BCUT2D eigenvalue weighted by atomic mass is 10.4. The second-order valence-electron chi connectivity index (χ2n) is 4.13. The highest BCUT2D eigenvalue weighted by atomic mass is 32.1. The average Bonchev–Trinajstić information content (AvgIpc) is 3.09. The van der Waals surface area contributed by atoms with Crippen LogP contribution in [0.5, 0.6) is 0 Å². The Bertz CT molecular complexity index is 641. The highest BCUT2D eigenvalue weighted by Crippen LogP contribution is 2.11. The van der Waals surface area contributed by atoms with Gasteiger partial charge in [-0.25, -0.2) is 9.97 Å². The molecule has 0 radical (unpaired) electrons. The van der Waals surface area contributed by atoms with Gasteiger partial charge in [-0.1, -0.05) is 0 Å². The van der Waals surface area contributed by atoms with Crippen LogP contribution in [0.4, 0.5) is 0 Å². The van der Waals surface area contributed by atoms with Gasteiger partial charge in [-0.05, 0) is 6.42 Å². The number of hydrogen-bond acceptors (Lipinski definition) is 4. The Kier molecular flexibility index (Phi) is 3.28. The second kappa shape index (κ2) is 5.23. The average molecular weight is 275 g/mol. The van der Waals surface area contributed by atoms with Crippen LogP contribution in [0.3, 0.4) is 0 Å². The number of thiazole rings is 1. The molecule has 3 aromatic heterocycles. The highest BCUT2D eigenvalue weighted by Gasteiger charge is 2.10. The van der Waals surface area contributed by atoms with Crippen LogP contribution in [0, 0.1) is 0 Å². The molecule has 0 aliphatic rings. The van der Waals surface area contributed by atoms with E-state index in [-0.39, 0.29) is 5.91 Å². The zero-order valence-electron chi connectivity index (χ0n) is 10.2. The fourth-order valence-electron chi connectivity index (χ4n) is 1.81. The van der Waals surface area contributed by atoms with Gasteiger partial charge in [0.05, 0.1) is 6.33 Å². The molecule has 98 valence electrons. The van der Waals surface area contributed by atoms with Gasteiger partial charge in [-0.15, -0.1) is 11.3 Å². The summed E-state index contributed by atoms with van der Waals surface area (Å²) in [5.74, 6) is -0.124. The van der Waals surface area contributed by atoms with Crippen molar-refractivity contribution in [3.8, 4) is 0 Å². The third-order valence-electron chi connectivity index (χ3n) is 2.76. The Balaban J connectivity index is 1.50. The molecular weight excluding hydrogens is 262 g/mol. The number of amides is 1. The normalized spacial score (nSPS) is 10.9. The summed E-state index contributed by atoms with van der Waals surface area (Å²) < 4.78 is 3.84. The van der Waals surface area contributed by atoms with Crippen molar-refractivity contribution < 1.29 is 4.79 Å². The van der Waals surface area contributed by atoms with E-state index in [1.165, 1.54) is 11.3 Å². The number of imidazole rings is 2. The summed E-state index contributed by atoms with van der Waals surface area (Å²) in [5, 5.41) is 4.81. The maximum Gasteiger partial charge on any atom is 0.271 e. The molecule has 6 nitrogen and oxygen atoms in total. The number of fused-ring (bicyclic) bond motifs is 1. The van der Waals surface area contributed by atoms with E-state index in [0.29, 0.717) is 12.2 Å². The zero-order valence-corrected chi connectivity index (χ0v) is 11.0. The minimum atomic E-state index is -0.124. The van der Waals surface area contributed by atoms with Crippen LogP contribution in [-0.4, -0.2) is 31.4 Å². The number of aromatic nitrogens is 4. The van der Waals surface area contributed by atoms with Crippen molar-refractivity contribution in [3.63, 3.8) is 0 Å². The molecule has 0 saturated heterocycles. The molecule has 0 fully saturated rings. The van der Waals surface area contributed by atoms with Gasteiger partial charge in [0.1, 0.15) is 5.69 Å². The Morgan fingerprint density at radius 2 is 2.37 bits per heavy atom. The minimum Gasteiger partial charge on any atom is -0.351 e. The third-order valence-corrected chi connectivity index (χ3v) is 3.53. The molecule has 0 bridgehead atoms. The van der Waals surface area contributed by atoms with Crippen molar-refractivity contribution in [3.05, 3.63) is 42.2 Å². The molecular formula is C12H13N5OS. The largest absolute Gasteiger partial charge is 0.351 e. The first kappa shape index (κ1) is 11.9. The third kappa shape index (κ3) is 2.65. The van der Waals surface area contributed by atoms with Gasteiger partial charge in [-0.2, -0.15) is 0 Å². The molecule has 0 aliphatic heterocycles. The van der Waals surface area contributed by atoms with Gasteiger partial charge < -0.3 is 9.88 Å². The Morgan fingerprint density at radius 3 is 3.16 bits per heavy atom. The van der Waals surface area contributed by atoms with Crippen molar-refractivity contribution in [2.75, 3.05) is 6.54 Å². The molecule has 0 aromatic carbocycles. The first-order valence-electron chi connectivity index (χ1n) is 5.99. The Labute approximate surface area is 113 Å². The first-order valence-corrected chi connectivity index (χ1v) is 6.87. The van der Waals surface area contributed by atoms with Gasteiger partial charge in [0.2, 0.25) is 0 Å². The summed E-state index contributed by atoms with van der Waals surface area (Å²) in [6.07, 6.45) is 9.93. The summed E-state index contributed by atoms with van der Waals surface area (Å²) in [7, 11) is 0. The van der Waals surface area contributed by atoms with Gasteiger partial charge in [-0.3, -0.25) is 9.20 Å². The van der Waals surface area contributed by atoms with E-state index in [4.69, 9.17) is 0 Å². The van der Waals surface area contributed by atoms with Crippen LogP contribution < -0.4 is 5.32 Å². The molecule has 3 rings (SSSR count). The van der Waals surface area contributed by atoms with Gasteiger partial charge in [0, 0.05) is 43.3 Å². The van der Waals surface area contributed by atoms with Crippen LogP contribution >= 0.6 is 11.3 Å². The number of nitrogens with one attached hydrogen (secondary N) is 1. The molecule has 19 heavy (non-hydrogen) atoms. The predicted octanol–water partition coefficient (Wildman–Crippen LogP) is 1.41. The quantitative estimate of drug-likeness (QED) is 0.716. The number of carbonyl (C=O) groups is 1. The van der Waals surface area contributed by atoms with Gasteiger partial charge >= 0.3 is 0 Å². The molecule has 1 amide bonds. The van der Waals surface area contributed by atoms with Crippen LogP contribution in [0.2, 0.25) is 0 Å². The van der Waals surface area contributed by atoms with Crippen molar-refractivity contribution in [1.82, 2.24) is 24.3 Å². The van der Waals surface area contributed by atoms with E-state index in [0.717, 1.165) is 17.9 Å². The standard InChI is InChI=1S/C12H13N5OS/c18-11(10-8-17-6-7-19-12(17)15-10)14-2-1-4-16-5-3-13-9-16/h3,5-9H,1-2,4H2,(H,14,18). The van der Waals surface area contributed by atoms with Crippen LogP contribution in [0.15, 0.2) is 36.5 Å². The molecule has 3 aromatic rings. The van der Waals surface area contributed by atoms with Crippen LogP contribution in [0.25, 0.3) is 4.96 Å². The molecule has 0 unspecified atom stereocenters. The SMILES string of the molecule is O=C(NCCCn1ccnc1)c1cn2ccsc2n1. The zero-order chi connectivity index (χ0) is 13.1. The monoisotopic (exact) mass is 275 g/mol. The molecule has 0 saturated carbocycles. The van der Waals surface area contributed by atoms with E-state index >= 15 is 0 Å². The van der Waals surface area contributed by atoms with E-state index in [1.54, 1.807) is 18.7 Å². The van der Waals surface area contributed by atoms with E-state index in [2.05, 4.69) is 15.3 Å². The van der Waals surface area contributed by atoms with Gasteiger partial charge in [0.15, 0.2) is 4.96 Å². The molecule has 0 atom stereocenters. The van der Waals surface area contributed by atoms with Crippen molar-refractivity contribution in [1.29, 1.82) is 0 Å². The topological polar surface area (TPSA) is 64.2 Å². The van der Waals surface area contributed by atoms with E-state index in [1.807, 2.05) is 26.7 Å². The first-order chi connectivity index (χ1) is 9.33. The lowest BCUT2D eigenvalue weighted by Crippen LogP contribution is -2.25. The van der Waals surface area contributed by atoms with Gasteiger partial charge in [0.25, 0.3) is 5.91 Å². The summed E-state index contributed by atoms with van der Waals surface area (Å²) >= 11 is 1.51. The number of rotatable bonds is 5. The summed E-state index contributed by atoms with van der Waals surface area (Å²) in [4.78, 5) is 20.9. The lowest BCUT2D eigenvalue weighted by Gasteiger charge is -2.03. The number of nitrogens with zero attached hydrogens (tertiary/aromatic N) is 4. The van der Waals surface area contributed by atoms with Crippen LogP contribution in [-0.2, 0) is 6.54 Å². The molecule has 0 spiro atoms. The van der Waals surface area contributed by atoms with E-state index < -0.39 is 0 Å². The van der Waals surface area contributed by atoms with Crippen molar-refractivity contribution in [2.24, 2.45) is 0 Å². The summed E-state index contributed by atoms with van der Waals surface area (Å²) in [5.41, 5.74) is 0.467. The molecule has 3 heterocycles. The van der Waals surface area contributed by atoms with E-state index in [9.17, 15) is 4.79 Å². The van der Waals surface area contributed by atoms with Crippen LogP contribution in [0.1, 0.15) is 16.9 Å². The number of carbonyl (C=O) groups excluding carboxylic acids is 1. The number of hydrogen-bond donors (Lipinski definition) is 1. The lowest BCUT2D eigenvalue weighted by molar-refractivity contribution is 0.0948. The fourth-order valence-corrected chi connectivity index (χ4v) is 2.51. The molecule has 0 aliphatic carbocycles. The van der Waals surface area contributed by atoms with Crippen molar-refractivity contribution in [2.45, 2.75) is 13.0 Å².